The summed E-state index contributed by atoms with van der Waals surface area (Å²) in [5, 5.41) is 17.3. The SMILES string of the molecule is Cc1cc(C(=O)N[C@@H]2CCCNC2=O)ncc1-c1ccc(C[C@H](NC(=O)C2CCC(CN)CC2)C(=O)Nc2ccc3c(=O)[nH][nH]c3c2)cc1. The highest BCUT2D eigenvalue weighted by atomic mass is 16.2. The lowest BCUT2D eigenvalue weighted by Crippen LogP contribution is -2.50. The van der Waals surface area contributed by atoms with E-state index in [-0.39, 0.29) is 41.3 Å². The minimum Gasteiger partial charge on any atom is -0.354 e. The number of anilines is 1. The zero-order valence-electron chi connectivity index (χ0n) is 27.4. The van der Waals surface area contributed by atoms with Gasteiger partial charge in [0, 0.05) is 36.3 Å². The van der Waals surface area contributed by atoms with Gasteiger partial charge in [-0.25, -0.2) is 0 Å². The number of aromatic amines is 2. The average molecular weight is 667 g/mol. The van der Waals surface area contributed by atoms with Gasteiger partial charge in [-0.2, -0.15) is 0 Å². The van der Waals surface area contributed by atoms with Gasteiger partial charge in [0.2, 0.25) is 17.7 Å². The van der Waals surface area contributed by atoms with Crippen LogP contribution in [-0.4, -0.2) is 64.0 Å². The monoisotopic (exact) mass is 666 g/mol. The van der Waals surface area contributed by atoms with Crippen LogP contribution >= 0.6 is 0 Å². The molecule has 0 bridgehead atoms. The van der Waals surface area contributed by atoms with Gasteiger partial charge in [0.05, 0.1) is 10.9 Å². The lowest BCUT2D eigenvalue weighted by atomic mass is 9.81. The van der Waals surface area contributed by atoms with Crippen LogP contribution < -0.4 is 32.6 Å². The summed E-state index contributed by atoms with van der Waals surface area (Å²) in [5.74, 6) is -0.849. The topological polar surface area (TPSA) is 204 Å². The smallest absolute Gasteiger partial charge is 0.271 e. The molecule has 0 radical (unpaired) electrons. The van der Waals surface area contributed by atoms with Gasteiger partial charge in [-0.15, -0.1) is 0 Å². The van der Waals surface area contributed by atoms with Gasteiger partial charge < -0.3 is 27.0 Å². The molecule has 4 aromatic rings. The maximum atomic E-state index is 13.7. The summed E-state index contributed by atoms with van der Waals surface area (Å²) in [6.07, 6.45) is 6.54. The van der Waals surface area contributed by atoms with E-state index in [2.05, 4.69) is 36.4 Å². The quantitative estimate of drug-likeness (QED) is 0.135. The molecule has 1 saturated heterocycles. The molecule has 1 aliphatic carbocycles. The lowest BCUT2D eigenvalue weighted by molar-refractivity contribution is -0.130. The summed E-state index contributed by atoms with van der Waals surface area (Å²) >= 11 is 0. The molecule has 8 N–H and O–H groups in total. The molecule has 13 nitrogen and oxygen atoms in total. The summed E-state index contributed by atoms with van der Waals surface area (Å²) in [4.78, 5) is 68.2. The Labute approximate surface area is 283 Å². The first kappa shape index (κ1) is 33.6. The molecule has 4 amide bonds. The molecule has 2 aromatic heterocycles. The minimum atomic E-state index is -0.848. The third kappa shape index (κ3) is 7.89. The Morgan fingerprint density at radius 1 is 0.980 bits per heavy atom. The number of benzene rings is 2. The number of carbonyl (C=O) groups excluding carboxylic acids is 4. The number of piperidine rings is 1. The second-order valence-electron chi connectivity index (χ2n) is 13.1. The zero-order valence-corrected chi connectivity index (χ0v) is 27.4. The van der Waals surface area contributed by atoms with Crippen molar-refractivity contribution < 1.29 is 19.2 Å². The van der Waals surface area contributed by atoms with Gasteiger partial charge in [-0.05, 0) is 98.9 Å². The number of H-pyrrole nitrogens is 2. The van der Waals surface area contributed by atoms with Crippen molar-refractivity contribution in [2.24, 2.45) is 17.6 Å². The van der Waals surface area contributed by atoms with E-state index in [1.165, 1.54) is 0 Å². The van der Waals surface area contributed by atoms with E-state index in [0.717, 1.165) is 54.4 Å². The lowest BCUT2D eigenvalue weighted by Gasteiger charge is -2.28. The van der Waals surface area contributed by atoms with Crippen LogP contribution in [-0.2, 0) is 20.8 Å². The Hall–Kier alpha value is -5.30. The van der Waals surface area contributed by atoms with Crippen LogP contribution in [0.25, 0.3) is 22.0 Å². The highest BCUT2D eigenvalue weighted by Crippen LogP contribution is 2.29. The fourth-order valence-electron chi connectivity index (χ4n) is 6.68. The maximum Gasteiger partial charge on any atom is 0.271 e. The molecule has 1 aliphatic heterocycles. The maximum absolute atomic E-state index is 13.7. The minimum absolute atomic E-state index is 0.146. The second kappa shape index (κ2) is 14.9. The van der Waals surface area contributed by atoms with Crippen molar-refractivity contribution in [3.8, 4) is 11.1 Å². The van der Waals surface area contributed by atoms with Crippen molar-refractivity contribution in [2.45, 2.75) is 64.0 Å². The van der Waals surface area contributed by atoms with Gasteiger partial charge >= 0.3 is 0 Å². The Kier molecular flexibility index (Phi) is 10.2. The molecule has 1 saturated carbocycles. The molecular formula is C36H42N8O5. The number of carbonyl (C=O) groups is 4. The van der Waals surface area contributed by atoms with Crippen LogP contribution in [0.1, 0.15) is 60.1 Å². The van der Waals surface area contributed by atoms with E-state index in [1.807, 2.05) is 31.2 Å². The van der Waals surface area contributed by atoms with E-state index in [9.17, 15) is 24.0 Å². The van der Waals surface area contributed by atoms with Crippen molar-refractivity contribution >= 4 is 40.2 Å². The van der Waals surface area contributed by atoms with Crippen LogP contribution in [0.5, 0.6) is 0 Å². The number of nitrogens with zero attached hydrogens (tertiary/aromatic N) is 1. The third-order valence-electron chi connectivity index (χ3n) is 9.67. The second-order valence-corrected chi connectivity index (χ2v) is 13.1. The van der Waals surface area contributed by atoms with Crippen molar-refractivity contribution in [1.29, 1.82) is 0 Å². The highest BCUT2D eigenvalue weighted by molar-refractivity contribution is 5.99. The summed E-state index contributed by atoms with van der Waals surface area (Å²) < 4.78 is 0. The number of aryl methyl sites for hydroxylation is 1. The first-order chi connectivity index (χ1) is 23.7. The predicted octanol–water partition coefficient (Wildman–Crippen LogP) is 2.67. The summed E-state index contributed by atoms with van der Waals surface area (Å²) in [6.45, 7) is 3.12. The number of hydrogen-bond acceptors (Lipinski definition) is 7. The standard InChI is InChI=1S/C36H42N8O5/c1-20-15-30(35(48)41-28-3-2-14-38-34(28)47)39-19-27(20)23-8-4-21(5-9-23)16-31(42-32(45)24-10-6-22(18-37)7-11-24)36(49)40-25-12-13-26-29(17-25)43-44-33(26)46/h4-5,8-9,12-13,15,17,19,22,24,28,31H,2-3,6-7,10-11,14,16,18,37H2,1H3,(H,38,47)(H,40,49)(H,41,48)(H,42,45)(H2,43,44,46)/t22?,24?,28-,31+/m1/s1. The number of nitrogens with two attached hydrogens (primary N) is 1. The van der Waals surface area contributed by atoms with E-state index < -0.39 is 18.0 Å². The summed E-state index contributed by atoms with van der Waals surface area (Å²) in [5.41, 5.74) is 10.3. The fourth-order valence-corrected chi connectivity index (χ4v) is 6.68. The largest absolute Gasteiger partial charge is 0.354 e. The Morgan fingerprint density at radius 3 is 2.47 bits per heavy atom. The van der Waals surface area contributed by atoms with E-state index in [0.29, 0.717) is 42.0 Å². The van der Waals surface area contributed by atoms with Gasteiger partial charge in [-0.3, -0.25) is 39.2 Å². The molecule has 2 fully saturated rings. The normalized spacial score (nSPS) is 19.9. The molecule has 6 rings (SSSR count). The molecule has 0 spiro atoms. The molecule has 0 unspecified atom stereocenters. The average Bonchev–Trinajstić information content (AvgIpc) is 3.48. The molecule has 2 aliphatic rings. The first-order valence-electron chi connectivity index (χ1n) is 16.8. The Morgan fingerprint density at radius 2 is 1.76 bits per heavy atom. The molecule has 2 atom stereocenters. The molecule has 3 heterocycles. The van der Waals surface area contributed by atoms with Crippen LogP contribution in [0.15, 0.2) is 59.5 Å². The van der Waals surface area contributed by atoms with Crippen LogP contribution in [0.4, 0.5) is 5.69 Å². The van der Waals surface area contributed by atoms with Crippen LogP contribution in [0, 0.1) is 18.8 Å². The summed E-state index contributed by atoms with van der Waals surface area (Å²) in [6, 6.07) is 12.9. The number of nitrogens with one attached hydrogen (secondary N) is 6. The molecule has 256 valence electrons. The number of rotatable bonds is 10. The number of hydrogen-bond donors (Lipinski definition) is 7. The summed E-state index contributed by atoms with van der Waals surface area (Å²) in [7, 11) is 0. The Bertz CT molecular complexity index is 1910. The van der Waals surface area contributed by atoms with Gasteiger partial charge in [-0.1, -0.05) is 24.3 Å². The number of aromatic nitrogens is 3. The molecular weight excluding hydrogens is 624 g/mol. The van der Waals surface area contributed by atoms with Gasteiger partial charge in [0.1, 0.15) is 17.8 Å². The fraction of sp³-hybridized carbons (Fsp3) is 0.389. The zero-order chi connectivity index (χ0) is 34.5. The first-order valence-corrected chi connectivity index (χ1v) is 16.8. The number of fused-ring (bicyclic) bond motifs is 1. The molecule has 49 heavy (non-hydrogen) atoms. The number of amides is 4. The third-order valence-corrected chi connectivity index (χ3v) is 9.67. The van der Waals surface area contributed by atoms with E-state index >= 15 is 0 Å². The van der Waals surface area contributed by atoms with Crippen LogP contribution in [0.3, 0.4) is 0 Å². The van der Waals surface area contributed by atoms with Crippen LogP contribution in [0.2, 0.25) is 0 Å². The van der Waals surface area contributed by atoms with Crippen molar-refractivity contribution in [3.05, 3.63) is 81.9 Å². The molecule has 13 heteroatoms. The van der Waals surface area contributed by atoms with Gasteiger partial charge in [0.25, 0.3) is 11.5 Å². The van der Waals surface area contributed by atoms with Crippen molar-refractivity contribution in [2.75, 3.05) is 18.4 Å². The van der Waals surface area contributed by atoms with E-state index in [1.54, 1.807) is 30.5 Å². The van der Waals surface area contributed by atoms with Gasteiger partial charge in [0.15, 0.2) is 0 Å². The Balaban J connectivity index is 1.15. The highest BCUT2D eigenvalue weighted by Gasteiger charge is 2.30. The predicted molar refractivity (Wildman–Crippen MR) is 186 cm³/mol. The van der Waals surface area contributed by atoms with Crippen molar-refractivity contribution in [1.82, 2.24) is 31.1 Å². The molecule has 2 aromatic carbocycles. The number of pyridine rings is 1. The van der Waals surface area contributed by atoms with E-state index in [4.69, 9.17) is 5.73 Å². The van der Waals surface area contributed by atoms with Crippen molar-refractivity contribution in [3.63, 3.8) is 0 Å².